The van der Waals surface area contributed by atoms with Crippen LogP contribution in [0.5, 0.6) is 0 Å². The van der Waals surface area contributed by atoms with E-state index in [1.807, 2.05) is 12.1 Å². The molecule has 5 nitrogen and oxygen atoms in total. The van der Waals surface area contributed by atoms with Crippen LogP contribution in [-0.4, -0.2) is 31.5 Å². The molecule has 5 heteroatoms. The predicted octanol–water partition coefficient (Wildman–Crippen LogP) is 7.74. The Bertz CT molecular complexity index is 1300. The van der Waals surface area contributed by atoms with Crippen LogP contribution in [0.2, 0.25) is 0 Å². The number of unbranched alkanes of at least 4 members (excludes halogenated alkanes) is 4. The minimum absolute atomic E-state index is 0.157. The molecule has 2 aromatic heterocycles. The van der Waals surface area contributed by atoms with Gasteiger partial charge in [-0.25, -0.2) is 9.97 Å². The molecule has 0 atom stereocenters. The quantitative estimate of drug-likeness (QED) is 0.203. The lowest BCUT2D eigenvalue weighted by atomic mass is 10.0. The van der Waals surface area contributed by atoms with Crippen LogP contribution in [0.1, 0.15) is 90.1 Å². The first kappa shape index (κ1) is 27.1. The zero-order valence-electron chi connectivity index (χ0n) is 23.6. The van der Waals surface area contributed by atoms with Gasteiger partial charge in [0.25, 0.3) is 0 Å². The molecular formula is C32H45N5. The van der Waals surface area contributed by atoms with E-state index in [1.54, 1.807) is 0 Å². The molecule has 198 valence electrons. The summed E-state index contributed by atoms with van der Waals surface area (Å²) in [6.07, 6.45) is 8.37. The Morgan fingerprint density at radius 1 is 0.838 bits per heavy atom. The van der Waals surface area contributed by atoms with Crippen LogP contribution in [0, 0.1) is 0 Å². The standard InChI is InChI=1S/C32H45N5/c1-6-8-10-13-21-36(32(3,4)5)22-24-17-19-25(20-18-24)23-37-28(16-9-7-2)35-29-30(37)26-14-11-12-15-27(26)34-31(29)33/h11-12,14-15,17-20H,6-10,13,16,21-23H2,1-5H3,(H2,33,34). The van der Waals surface area contributed by atoms with E-state index >= 15 is 0 Å². The van der Waals surface area contributed by atoms with Gasteiger partial charge >= 0.3 is 0 Å². The van der Waals surface area contributed by atoms with E-state index in [2.05, 4.69) is 85.5 Å². The van der Waals surface area contributed by atoms with Crippen molar-refractivity contribution < 1.29 is 0 Å². The van der Waals surface area contributed by atoms with E-state index in [-0.39, 0.29) is 5.54 Å². The van der Waals surface area contributed by atoms with Gasteiger partial charge in [-0.05, 0) is 57.4 Å². The fourth-order valence-electron chi connectivity index (χ4n) is 5.14. The molecule has 2 aromatic carbocycles. The number of anilines is 1. The predicted molar refractivity (Wildman–Crippen MR) is 158 cm³/mol. The number of rotatable bonds is 12. The SMILES string of the molecule is CCCCCCN(Cc1ccc(Cn2c(CCCC)nc3c(N)nc4ccccc4c32)cc1)C(C)(C)C. The fourth-order valence-corrected chi connectivity index (χ4v) is 5.14. The third kappa shape index (κ3) is 6.51. The van der Waals surface area contributed by atoms with Crippen molar-refractivity contribution in [3.8, 4) is 0 Å². The average Bonchev–Trinajstić information content (AvgIpc) is 3.24. The summed E-state index contributed by atoms with van der Waals surface area (Å²) >= 11 is 0. The van der Waals surface area contributed by atoms with Gasteiger partial charge in [0.2, 0.25) is 0 Å². The highest BCUT2D eigenvalue weighted by Gasteiger charge is 2.21. The monoisotopic (exact) mass is 499 g/mol. The van der Waals surface area contributed by atoms with Crippen molar-refractivity contribution in [3.63, 3.8) is 0 Å². The Kier molecular flexibility index (Phi) is 8.86. The van der Waals surface area contributed by atoms with Crippen LogP contribution in [-0.2, 0) is 19.5 Å². The number of nitrogens with two attached hydrogens (primary N) is 1. The first-order valence-corrected chi connectivity index (χ1v) is 14.2. The number of para-hydroxylation sites is 1. The first-order chi connectivity index (χ1) is 17.8. The molecular weight excluding hydrogens is 454 g/mol. The normalized spacial score (nSPS) is 12.3. The van der Waals surface area contributed by atoms with E-state index in [0.29, 0.717) is 5.82 Å². The maximum absolute atomic E-state index is 6.39. The van der Waals surface area contributed by atoms with Crippen LogP contribution in [0.4, 0.5) is 5.82 Å². The number of imidazole rings is 1. The van der Waals surface area contributed by atoms with Gasteiger partial charge in [-0.2, -0.15) is 0 Å². The van der Waals surface area contributed by atoms with E-state index in [0.717, 1.165) is 66.7 Å². The smallest absolute Gasteiger partial charge is 0.152 e. The lowest BCUT2D eigenvalue weighted by Crippen LogP contribution is -2.41. The second-order valence-electron chi connectivity index (χ2n) is 11.4. The molecule has 0 radical (unpaired) electrons. The molecule has 2 N–H and O–H groups in total. The van der Waals surface area contributed by atoms with E-state index in [9.17, 15) is 0 Å². The molecule has 0 unspecified atom stereocenters. The largest absolute Gasteiger partial charge is 0.382 e. The number of aromatic nitrogens is 3. The zero-order valence-corrected chi connectivity index (χ0v) is 23.6. The maximum atomic E-state index is 6.39. The van der Waals surface area contributed by atoms with Crippen LogP contribution in [0.3, 0.4) is 0 Å². The number of nitrogens with zero attached hydrogens (tertiary/aromatic N) is 4. The maximum Gasteiger partial charge on any atom is 0.152 e. The topological polar surface area (TPSA) is 60.0 Å². The van der Waals surface area contributed by atoms with Crippen molar-refractivity contribution in [2.45, 2.75) is 98.2 Å². The van der Waals surface area contributed by atoms with Gasteiger partial charge in [0.05, 0.1) is 11.0 Å². The first-order valence-electron chi connectivity index (χ1n) is 14.2. The van der Waals surface area contributed by atoms with Crippen molar-refractivity contribution in [2.75, 3.05) is 12.3 Å². The van der Waals surface area contributed by atoms with Crippen molar-refractivity contribution in [2.24, 2.45) is 0 Å². The highest BCUT2D eigenvalue weighted by Crippen LogP contribution is 2.30. The second-order valence-corrected chi connectivity index (χ2v) is 11.4. The van der Waals surface area contributed by atoms with E-state index < -0.39 is 0 Å². The molecule has 0 spiro atoms. The summed E-state index contributed by atoms with van der Waals surface area (Å²) < 4.78 is 2.37. The minimum atomic E-state index is 0.157. The summed E-state index contributed by atoms with van der Waals surface area (Å²) in [4.78, 5) is 12.2. The van der Waals surface area contributed by atoms with Crippen LogP contribution in [0.25, 0.3) is 21.9 Å². The second kappa shape index (κ2) is 12.1. The summed E-state index contributed by atoms with van der Waals surface area (Å²) in [5.74, 6) is 1.61. The molecule has 37 heavy (non-hydrogen) atoms. The van der Waals surface area contributed by atoms with E-state index in [4.69, 9.17) is 10.7 Å². The van der Waals surface area contributed by atoms with Gasteiger partial charge in [-0.3, -0.25) is 4.90 Å². The Hall–Kier alpha value is -2.92. The Morgan fingerprint density at radius 2 is 1.54 bits per heavy atom. The van der Waals surface area contributed by atoms with Gasteiger partial charge in [0, 0.05) is 30.4 Å². The summed E-state index contributed by atoms with van der Waals surface area (Å²) in [6.45, 7) is 14.4. The number of hydrogen-bond acceptors (Lipinski definition) is 4. The summed E-state index contributed by atoms with van der Waals surface area (Å²) in [5, 5.41) is 1.11. The van der Waals surface area contributed by atoms with Gasteiger partial charge in [-0.15, -0.1) is 0 Å². The summed E-state index contributed by atoms with van der Waals surface area (Å²) in [5.41, 5.74) is 12.0. The average molecular weight is 500 g/mol. The number of pyridine rings is 1. The molecule has 4 aromatic rings. The number of aryl methyl sites for hydroxylation is 1. The number of fused-ring (bicyclic) bond motifs is 3. The number of benzene rings is 2. The third-order valence-corrected chi connectivity index (χ3v) is 7.41. The van der Waals surface area contributed by atoms with Crippen LogP contribution >= 0.6 is 0 Å². The Labute approximate surface area is 223 Å². The van der Waals surface area contributed by atoms with Gasteiger partial charge in [-0.1, -0.05) is 82.0 Å². The van der Waals surface area contributed by atoms with Crippen molar-refractivity contribution >= 4 is 27.8 Å². The lowest BCUT2D eigenvalue weighted by Gasteiger charge is -2.36. The molecule has 0 aliphatic heterocycles. The van der Waals surface area contributed by atoms with E-state index in [1.165, 1.54) is 36.8 Å². The van der Waals surface area contributed by atoms with Gasteiger partial charge < -0.3 is 10.3 Å². The van der Waals surface area contributed by atoms with Crippen molar-refractivity contribution in [1.29, 1.82) is 0 Å². The van der Waals surface area contributed by atoms with Crippen molar-refractivity contribution in [3.05, 3.63) is 65.5 Å². The minimum Gasteiger partial charge on any atom is -0.382 e. The molecule has 0 amide bonds. The zero-order chi connectivity index (χ0) is 26.4. The Morgan fingerprint density at radius 3 is 2.24 bits per heavy atom. The molecule has 4 rings (SSSR count). The number of hydrogen-bond donors (Lipinski definition) is 1. The molecule has 0 saturated heterocycles. The van der Waals surface area contributed by atoms with Gasteiger partial charge in [0.15, 0.2) is 5.82 Å². The molecule has 0 aliphatic rings. The summed E-state index contributed by atoms with van der Waals surface area (Å²) in [7, 11) is 0. The lowest BCUT2D eigenvalue weighted by molar-refractivity contribution is 0.125. The Balaban J connectivity index is 1.61. The highest BCUT2D eigenvalue weighted by atomic mass is 15.2. The van der Waals surface area contributed by atoms with Crippen molar-refractivity contribution in [1.82, 2.24) is 19.4 Å². The molecule has 2 heterocycles. The van der Waals surface area contributed by atoms with Gasteiger partial charge in [0.1, 0.15) is 11.3 Å². The molecule has 0 saturated carbocycles. The molecule has 0 bridgehead atoms. The number of nitrogen functional groups attached to an aromatic ring is 1. The van der Waals surface area contributed by atoms with Crippen LogP contribution < -0.4 is 5.73 Å². The molecule has 0 aliphatic carbocycles. The third-order valence-electron chi connectivity index (χ3n) is 7.41. The highest BCUT2D eigenvalue weighted by molar-refractivity contribution is 6.06. The molecule has 0 fully saturated rings. The summed E-state index contributed by atoms with van der Waals surface area (Å²) in [6, 6.07) is 17.4. The fraction of sp³-hybridized carbons (Fsp3) is 0.500. The van der Waals surface area contributed by atoms with Crippen LogP contribution in [0.15, 0.2) is 48.5 Å².